The highest BCUT2D eigenvalue weighted by Gasteiger charge is 2.18. The summed E-state index contributed by atoms with van der Waals surface area (Å²) in [6, 6.07) is 7.29. The molecule has 0 aliphatic heterocycles. The molecule has 1 unspecified atom stereocenters. The van der Waals surface area contributed by atoms with E-state index in [1.165, 1.54) is 12.1 Å². The molecule has 1 atom stereocenters. The molecular formula is C17H20F2N2. The Balaban J connectivity index is 2.46. The molecule has 0 saturated heterocycles. The summed E-state index contributed by atoms with van der Waals surface area (Å²) >= 11 is 0. The van der Waals surface area contributed by atoms with Crippen molar-refractivity contribution in [1.29, 1.82) is 0 Å². The number of aryl methyl sites for hydroxylation is 2. The van der Waals surface area contributed by atoms with Crippen LogP contribution in [0.3, 0.4) is 0 Å². The average Bonchev–Trinajstić information content (AvgIpc) is 2.40. The largest absolute Gasteiger partial charge is 0.306 e. The van der Waals surface area contributed by atoms with Crippen LogP contribution in [0.25, 0.3) is 0 Å². The van der Waals surface area contributed by atoms with Crippen LogP contribution in [0.5, 0.6) is 0 Å². The molecular weight excluding hydrogens is 270 g/mol. The fourth-order valence-corrected chi connectivity index (χ4v) is 2.47. The summed E-state index contributed by atoms with van der Waals surface area (Å²) in [5.41, 5.74) is 3.17. The Morgan fingerprint density at radius 1 is 1.10 bits per heavy atom. The van der Waals surface area contributed by atoms with Crippen LogP contribution in [0.4, 0.5) is 8.78 Å². The Labute approximate surface area is 124 Å². The van der Waals surface area contributed by atoms with Crippen LogP contribution in [0.15, 0.2) is 30.3 Å². The van der Waals surface area contributed by atoms with E-state index in [-0.39, 0.29) is 6.04 Å². The van der Waals surface area contributed by atoms with E-state index in [9.17, 15) is 8.78 Å². The minimum absolute atomic E-state index is 0.300. The maximum atomic E-state index is 14.1. The zero-order chi connectivity index (χ0) is 15.4. The quantitative estimate of drug-likeness (QED) is 0.898. The summed E-state index contributed by atoms with van der Waals surface area (Å²) in [7, 11) is 0. The van der Waals surface area contributed by atoms with E-state index in [1.54, 1.807) is 0 Å². The first-order chi connectivity index (χ1) is 10.0. The first-order valence-corrected chi connectivity index (χ1v) is 7.14. The fourth-order valence-electron chi connectivity index (χ4n) is 2.47. The van der Waals surface area contributed by atoms with Crippen molar-refractivity contribution < 1.29 is 8.78 Å². The highest BCUT2D eigenvalue weighted by molar-refractivity contribution is 5.34. The molecule has 0 saturated carbocycles. The van der Waals surface area contributed by atoms with E-state index in [0.717, 1.165) is 36.0 Å². The Kier molecular flexibility index (Phi) is 5.02. The third-order valence-corrected chi connectivity index (χ3v) is 3.31. The molecule has 1 aromatic heterocycles. The number of pyridine rings is 1. The van der Waals surface area contributed by atoms with Gasteiger partial charge >= 0.3 is 0 Å². The van der Waals surface area contributed by atoms with Gasteiger partial charge in [0.15, 0.2) is 0 Å². The molecule has 0 fully saturated rings. The van der Waals surface area contributed by atoms with Crippen LogP contribution >= 0.6 is 0 Å². The summed E-state index contributed by atoms with van der Waals surface area (Å²) in [4.78, 5) is 4.35. The van der Waals surface area contributed by atoms with Gasteiger partial charge in [0.1, 0.15) is 11.6 Å². The lowest BCUT2D eigenvalue weighted by Gasteiger charge is -2.21. The Morgan fingerprint density at radius 2 is 1.76 bits per heavy atom. The van der Waals surface area contributed by atoms with Crippen molar-refractivity contribution in [3.8, 4) is 0 Å². The molecule has 1 N–H and O–H groups in total. The number of hydrogen-bond acceptors (Lipinski definition) is 2. The molecule has 0 spiro atoms. The smallest absolute Gasteiger partial charge is 0.131 e. The van der Waals surface area contributed by atoms with Gasteiger partial charge < -0.3 is 5.32 Å². The van der Waals surface area contributed by atoms with Crippen molar-refractivity contribution in [2.75, 3.05) is 6.54 Å². The second-order valence-corrected chi connectivity index (χ2v) is 5.24. The number of benzene rings is 1. The van der Waals surface area contributed by atoms with Crippen molar-refractivity contribution in [3.05, 3.63) is 64.5 Å². The van der Waals surface area contributed by atoms with Gasteiger partial charge in [-0.15, -0.1) is 0 Å². The molecule has 2 nitrogen and oxygen atoms in total. The monoisotopic (exact) mass is 290 g/mol. The normalized spacial score (nSPS) is 12.4. The van der Waals surface area contributed by atoms with E-state index in [1.807, 2.05) is 32.9 Å². The average molecular weight is 290 g/mol. The summed E-state index contributed by atoms with van der Waals surface area (Å²) in [5, 5.41) is 3.33. The molecule has 0 amide bonds. The molecule has 0 bridgehead atoms. The summed E-state index contributed by atoms with van der Waals surface area (Å²) in [5.74, 6) is -1.09. The maximum absolute atomic E-state index is 14.1. The second kappa shape index (κ2) is 6.76. The highest BCUT2D eigenvalue weighted by atomic mass is 19.1. The SMILES string of the molecule is CCCNC(c1cc(C)nc(C)c1)c1ccc(F)cc1F. The van der Waals surface area contributed by atoms with Gasteiger partial charge in [-0.25, -0.2) is 8.78 Å². The molecule has 4 heteroatoms. The van der Waals surface area contributed by atoms with Crippen LogP contribution in [0.1, 0.15) is 41.9 Å². The fraction of sp³-hybridized carbons (Fsp3) is 0.353. The Hall–Kier alpha value is -1.81. The summed E-state index contributed by atoms with van der Waals surface area (Å²) in [6.45, 7) is 6.62. The van der Waals surface area contributed by atoms with Gasteiger partial charge in [0, 0.05) is 23.0 Å². The van der Waals surface area contributed by atoms with Crippen LogP contribution in [-0.4, -0.2) is 11.5 Å². The third-order valence-electron chi connectivity index (χ3n) is 3.31. The molecule has 1 heterocycles. The number of halogens is 2. The van der Waals surface area contributed by atoms with Crippen molar-refractivity contribution in [3.63, 3.8) is 0 Å². The van der Waals surface area contributed by atoms with Crippen molar-refractivity contribution in [2.24, 2.45) is 0 Å². The highest BCUT2D eigenvalue weighted by Crippen LogP contribution is 2.26. The van der Waals surface area contributed by atoms with Crippen molar-refractivity contribution in [2.45, 2.75) is 33.2 Å². The minimum Gasteiger partial charge on any atom is -0.306 e. The van der Waals surface area contributed by atoms with Gasteiger partial charge in [0.25, 0.3) is 0 Å². The van der Waals surface area contributed by atoms with E-state index >= 15 is 0 Å². The first kappa shape index (κ1) is 15.6. The van der Waals surface area contributed by atoms with Gasteiger partial charge in [0.2, 0.25) is 0 Å². The van der Waals surface area contributed by atoms with Gasteiger partial charge in [-0.1, -0.05) is 13.0 Å². The van der Waals surface area contributed by atoms with E-state index in [2.05, 4.69) is 10.3 Å². The van der Waals surface area contributed by atoms with Crippen LogP contribution in [-0.2, 0) is 0 Å². The molecule has 0 aliphatic carbocycles. The van der Waals surface area contributed by atoms with Gasteiger partial charge in [-0.3, -0.25) is 4.98 Å². The molecule has 0 radical (unpaired) electrons. The number of rotatable bonds is 5. The molecule has 2 aromatic rings. The number of aromatic nitrogens is 1. The van der Waals surface area contributed by atoms with Crippen LogP contribution < -0.4 is 5.32 Å². The molecule has 1 aromatic carbocycles. The Morgan fingerprint density at radius 3 is 2.33 bits per heavy atom. The molecule has 0 aliphatic rings. The third kappa shape index (κ3) is 3.85. The summed E-state index contributed by atoms with van der Waals surface area (Å²) in [6.07, 6.45) is 0.933. The Bertz CT molecular complexity index is 606. The second-order valence-electron chi connectivity index (χ2n) is 5.24. The summed E-state index contributed by atoms with van der Waals surface area (Å²) < 4.78 is 27.2. The predicted octanol–water partition coefficient (Wildman–Crippen LogP) is 4.07. The maximum Gasteiger partial charge on any atom is 0.131 e. The zero-order valence-electron chi connectivity index (χ0n) is 12.6. The predicted molar refractivity (Wildman–Crippen MR) is 80.2 cm³/mol. The molecule has 112 valence electrons. The van der Waals surface area contributed by atoms with Gasteiger partial charge in [0.05, 0.1) is 6.04 Å². The van der Waals surface area contributed by atoms with Crippen molar-refractivity contribution >= 4 is 0 Å². The lowest BCUT2D eigenvalue weighted by atomic mass is 9.97. The van der Waals surface area contributed by atoms with Crippen molar-refractivity contribution in [1.82, 2.24) is 10.3 Å². The number of hydrogen-bond donors (Lipinski definition) is 1. The lowest BCUT2D eigenvalue weighted by molar-refractivity contribution is 0.532. The molecule has 21 heavy (non-hydrogen) atoms. The first-order valence-electron chi connectivity index (χ1n) is 7.14. The van der Waals surface area contributed by atoms with E-state index in [4.69, 9.17) is 0 Å². The molecule has 2 rings (SSSR count). The minimum atomic E-state index is -0.562. The number of nitrogens with one attached hydrogen (secondary N) is 1. The standard InChI is InChI=1S/C17H20F2N2/c1-4-7-20-17(13-8-11(2)21-12(3)9-13)15-6-5-14(18)10-16(15)19/h5-6,8-10,17,20H,4,7H2,1-3H3. The van der Waals surface area contributed by atoms with Crippen LogP contribution in [0, 0.1) is 25.5 Å². The number of nitrogens with zero attached hydrogens (tertiary/aromatic N) is 1. The van der Waals surface area contributed by atoms with Gasteiger partial charge in [-0.2, -0.15) is 0 Å². The van der Waals surface area contributed by atoms with E-state index in [0.29, 0.717) is 5.56 Å². The van der Waals surface area contributed by atoms with Gasteiger partial charge in [-0.05, 0) is 50.6 Å². The zero-order valence-corrected chi connectivity index (χ0v) is 12.6. The topological polar surface area (TPSA) is 24.9 Å². The lowest BCUT2D eigenvalue weighted by Crippen LogP contribution is -2.24. The van der Waals surface area contributed by atoms with Crippen LogP contribution in [0.2, 0.25) is 0 Å². The van der Waals surface area contributed by atoms with E-state index < -0.39 is 11.6 Å².